The van der Waals surface area contributed by atoms with E-state index in [2.05, 4.69) is 28.9 Å². The fourth-order valence-corrected chi connectivity index (χ4v) is 4.15. The van der Waals surface area contributed by atoms with E-state index >= 15 is 0 Å². The van der Waals surface area contributed by atoms with Crippen LogP contribution in [0.15, 0.2) is 0 Å². The molecule has 1 N–H and O–H groups in total. The maximum absolute atomic E-state index is 3.91. The van der Waals surface area contributed by atoms with Crippen LogP contribution in [-0.4, -0.2) is 48.1 Å². The summed E-state index contributed by atoms with van der Waals surface area (Å²) in [5, 5.41) is 3.91. The van der Waals surface area contributed by atoms with E-state index in [4.69, 9.17) is 0 Å². The topological polar surface area (TPSA) is 15.3 Å². The first kappa shape index (κ1) is 13.7. The summed E-state index contributed by atoms with van der Waals surface area (Å²) in [6, 6.07) is 1.59. The van der Waals surface area contributed by atoms with Gasteiger partial charge in [-0.15, -0.1) is 0 Å². The second-order valence-electron chi connectivity index (χ2n) is 5.55. The molecule has 2 atom stereocenters. The molecule has 0 aromatic rings. The number of likely N-dealkylation sites (tertiary alicyclic amines) is 1. The van der Waals surface area contributed by atoms with Crippen LogP contribution in [0.3, 0.4) is 0 Å². The molecule has 2 heterocycles. The zero-order chi connectivity index (χ0) is 11.9. The van der Waals surface area contributed by atoms with Crippen LogP contribution < -0.4 is 5.32 Å². The lowest BCUT2D eigenvalue weighted by Gasteiger charge is -2.27. The van der Waals surface area contributed by atoms with E-state index in [0.29, 0.717) is 0 Å². The molecule has 17 heavy (non-hydrogen) atoms. The average Bonchev–Trinajstić information content (AvgIpc) is 2.57. The second kappa shape index (κ2) is 7.65. The van der Waals surface area contributed by atoms with Gasteiger partial charge in [0.15, 0.2) is 0 Å². The van der Waals surface area contributed by atoms with Crippen LogP contribution in [0.1, 0.15) is 45.4 Å². The van der Waals surface area contributed by atoms with Gasteiger partial charge in [0.1, 0.15) is 0 Å². The zero-order valence-electron chi connectivity index (χ0n) is 11.3. The van der Waals surface area contributed by atoms with Gasteiger partial charge in [-0.2, -0.15) is 11.8 Å². The molecule has 0 bridgehead atoms. The van der Waals surface area contributed by atoms with Gasteiger partial charge < -0.3 is 10.2 Å². The van der Waals surface area contributed by atoms with Crippen molar-refractivity contribution in [1.29, 1.82) is 0 Å². The maximum Gasteiger partial charge on any atom is 0.0161 e. The fourth-order valence-electron chi connectivity index (χ4n) is 3.07. The Bertz CT molecular complexity index is 204. The van der Waals surface area contributed by atoms with E-state index in [-0.39, 0.29) is 0 Å². The summed E-state index contributed by atoms with van der Waals surface area (Å²) >= 11 is 2.13. The van der Waals surface area contributed by atoms with Crippen molar-refractivity contribution in [1.82, 2.24) is 10.2 Å². The van der Waals surface area contributed by atoms with Crippen molar-refractivity contribution in [3.8, 4) is 0 Å². The Morgan fingerprint density at radius 1 is 1.12 bits per heavy atom. The Morgan fingerprint density at radius 2 is 2.00 bits per heavy atom. The molecular weight excluding hydrogens is 228 g/mol. The third-order valence-electron chi connectivity index (χ3n) is 3.99. The normalized spacial score (nSPS) is 32.3. The van der Waals surface area contributed by atoms with E-state index in [1.165, 1.54) is 69.7 Å². The van der Waals surface area contributed by atoms with Crippen LogP contribution >= 0.6 is 11.8 Å². The third kappa shape index (κ3) is 4.80. The Labute approximate surface area is 111 Å². The lowest BCUT2D eigenvalue weighted by atomic mass is 10.1. The first-order chi connectivity index (χ1) is 8.38. The van der Waals surface area contributed by atoms with Gasteiger partial charge in [-0.25, -0.2) is 0 Å². The minimum atomic E-state index is 0.792. The summed E-state index contributed by atoms with van der Waals surface area (Å²) in [6.45, 7) is 6.22. The van der Waals surface area contributed by atoms with E-state index in [1.807, 2.05) is 0 Å². The molecule has 2 saturated heterocycles. The van der Waals surface area contributed by atoms with Gasteiger partial charge in [0.25, 0.3) is 0 Å². The van der Waals surface area contributed by atoms with Crippen LogP contribution in [0, 0.1) is 0 Å². The van der Waals surface area contributed by atoms with Crippen LogP contribution in [-0.2, 0) is 0 Å². The molecule has 2 nitrogen and oxygen atoms in total. The average molecular weight is 256 g/mol. The van der Waals surface area contributed by atoms with Gasteiger partial charge in [-0.05, 0) is 63.9 Å². The number of hydrogen-bond acceptors (Lipinski definition) is 3. The molecule has 100 valence electrons. The number of rotatable bonds is 4. The van der Waals surface area contributed by atoms with Crippen molar-refractivity contribution in [2.75, 3.05) is 31.1 Å². The van der Waals surface area contributed by atoms with Crippen LogP contribution in [0.4, 0.5) is 0 Å². The summed E-state index contributed by atoms with van der Waals surface area (Å²) in [6.07, 6.45) is 8.26. The SMILES string of the molecule is CCCN1CCCC(NC2CCCSC2)CC1. The molecule has 0 aromatic heterocycles. The van der Waals surface area contributed by atoms with Gasteiger partial charge in [0.2, 0.25) is 0 Å². The maximum atomic E-state index is 3.91. The molecule has 2 aliphatic rings. The highest BCUT2D eigenvalue weighted by Gasteiger charge is 2.20. The molecule has 0 spiro atoms. The van der Waals surface area contributed by atoms with Crippen molar-refractivity contribution < 1.29 is 0 Å². The van der Waals surface area contributed by atoms with Gasteiger partial charge in [-0.3, -0.25) is 0 Å². The van der Waals surface area contributed by atoms with Crippen LogP contribution in [0.25, 0.3) is 0 Å². The Morgan fingerprint density at radius 3 is 2.76 bits per heavy atom. The highest BCUT2D eigenvalue weighted by Crippen LogP contribution is 2.19. The van der Waals surface area contributed by atoms with Gasteiger partial charge in [-0.1, -0.05) is 6.92 Å². The molecule has 2 aliphatic heterocycles. The molecule has 0 radical (unpaired) electrons. The van der Waals surface area contributed by atoms with Crippen LogP contribution in [0.2, 0.25) is 0 Å². The number of nitrogens with zero attached hydrogens (tertiary/aromatic N) is 1. The van der Waals surface area contributed by atoms with Crippen molar-refractivity contribution in [2.24, 2.45) is 0 Å². The monoisotopic (exact) mass is 256 g/mol. The Kier molecular flexibility index (Phi) is 6.16. The summed E-state index contributed by atoms with van der Waals surface area (Å²) in [5.41, 5.74) is 0. The van der Waals surface area contributed by atoms with Crippen molar-refractivity contribution >= 4 is 11.8 Å². The summed E-state index contributed by atoms with van der Waals surface area (Å²) in [7, 11) is 0. The van der Waals surface area contributed by atoms with Crippen molar-refractivity contribution in [2.45, 2.75) is 57.5 Å². The molecule has 0 aromatic carbocycles. The molecule has 0 saturated carbocycles. The minimum Gasteiger partial charge on any atom is -0.310 e. The third-order valence-corrected chi connectivity index (χ3v) is 5.21. The molecular formula is C14H28N2S. The van der Waals surface area contributed by atoms with Gasteiger partial charge >= 0.3 is 0 Å². The lowest BCUT2D eigenvalue weighted by molar-refractivity contribution is 0.281. The van der Waals surface area contributed by atoms with Gasteiger partial charge in [0, 0.05) is 17.8 Å². The predicted molar refractivity (Wildman–Crippen MR) is 77.9 cm³/mol. The highest BCUT2D eigenvalue weighted by molar-refractivity contribution is 7.99. The lowest BCUT2D eigenvalue weighted by Crippen LogP contribution is -2.41. The Hall–Kier alpha value is 0.270. The number of hydrogen-bond donors (Lipinski definition) is 1. The molecule has 3 heteroatoms. The van der Waals surface area contributed by atoms with E-state index in [1.54, 1.807) is 0 Å². The van der Waals surface area contributed by atoms with Crippen molar-refractivity contribution in [3.63, 3.8) is 0 Å². The summed E-state index contributed by atoms with van der Waals surface area (Å²) < 4.78 is 0. The van der Waals surface area contributed by atoms with E-state index in [0.717, 1.165) is 12.1 Å². The molecule has 0 amide bonds. The van der Waals surface area contributed by atoms with Gasteiger partial charge in [0.05, 0.1) is 0 Å². The smallest absolute Gasteiger partial charge is 0.0161 e. The molecule has 0 aliphatic carbocycles. The molecule has 2 rings (SSSR count). The highest BCUT2D eigenvalue weighted by atomic mass is 32.2. The largest absolute Gasteiger partial charge is 0.310 e. The van der Waals surface area contributed by atoms with E-state index < -0.39 is 0 Å². The quantitative estimate of drug-likeness (QED) is 0.832. The zero-order valence-corrected chi connectivity index (χ0v) is 12.1. The number of thioether (sulfide) groups is 1. The second-order valence-corrected chi connectivity index (χ2v) is 6.70. The number of nitrogens with one attached hydrogen (secondary N) is 1. The molecule has 2 unspecified atom stereocenters. The first-order valence-electron chi connectivity index (χ1n) is 7.44. The summed E-state index contributed by atoms with van der Waals surface area (Å²) in [5.74, 6) is 2.72. The fraction of sp³-hybridized carbons (Fsp3) is 1.00. The Balaban J connectivity index is 1.70. The van der Waals surface area contributed by atoms with Crippen LogP contribution in [0.5, 0.6) is 0 Å². The predicted octanol–water partition coefficient (Wildman–Crippen LogP) is 2.74. The van der Waals surface area contributed by atoms with Crippen molar-refractivity contribution in [3.05, 3.63) is 0 Å². The first-order valence-corrected chi connectivity index (χ1v) is 8.60. The minimum absolute atomic E-state index is 0.792. The standard InChI is InChI=1S/C14H28N2S/c1-2-8-16-9-3-5-13(7-10-16)15-14-6-4-11-17-12-14/h13-15H,2-12H2,1H3. The van der Waals surface area contributed by atoms with E-state index in [9.17, 15) is 0 Å². The summed E-state index contributed by atoms with van der Waals surface area (Å²) in [4.78, 5) is 2.65. The molecule has 2 fully saturated rings.